The third-order valence-electron chi connectivity index (χ3n) is 6.53. The zero-order valence-corrected chi connectivity index (χ0v) is 19.6. The Morgan fingerprint density at radius 1 is 1.15 bits per heavy atom. The van der Waals surface area contributed by atoms with Crippen LogP contribution in [0.25, 0.3) is 33.5 Å². The molecular weight excluding hydrogens is 416 g/mol. The van der Waals surface area contributed by atoms with Gasteiger partial charge < -0.3 is 24.3 Å². The highest BCUT2D eigenvalue weighted by Gasteiger charge is 2.21. The van der Waals surface area contributed by atoms with Crippen LogP contribution < -0.4 is 9.64 Å². The number of ether oxygens (including phenoxy) is 2. The quantitative estimate of drug-likeness (QED) is 0.444. The summed E-state index contributed by atoms with van der Waals surface area (Å²) in [6.45, 7) is 10.2. The van der Waals surface area contributed by atoms with Crippen LogP contribution in [-0.2, 0) is 4.74 Å². The lowest BCUT2D eigenvalue weighted by molar-refractivity contribution is 0.0420. The average molecular weight is 449 g/mol. The topological polar surface area (TPSA) is 82.3 Å². The van der Waals surface area contributed by atoms with Crippen molar-refractivity contribution in [2.24, 2.45) is 0 Å². The van der Waals surface area contributed by atoms with Crippen molar-refractivity contribution in [3.8, 4) is 17.3 Å². The van der Waals surface area contributed by atoms with Gasteiger partial charge in [0.1, 0.15) is 11.4 Å². The van der Waals surface area contributed by atoms with Gasteiger partial charge in [0.2, 0.25) is 0 Å². The van der Waals surface area contributed by atoms with E-state index in [2.05, 4.69) is 57.0 Å². The van der Waals surface area contributed by atoms with Crippen molar-refractivity contribution >= 4 is 27.6 Å². The predicted octanol–water partition coefficient (Wildman–Crippen LogP) is 4.05. The Labute approximate surface area is 193 Å². The molecule has 174 valence electrons. The molecule has 0 radical (unpaired) electrons. The number of rotatable bonds is 7. The van der Waals surface area contributed by atoms with Crippen molar-refractivity contribution in [1.29, 1.82) is 0 Å². The molecule has 4 aromatic rings. The van der Waals surface area contributed by atoms with Crippen LogP contribution in [-0.4, -0.2) is 77.6 Å². The van der Waals surface area contributed by atoms with Gasteiger partial charge >= 0.3 is 0 Å². The Morgan fingerprint density at radius 2 is 2.03 bits per heavy atom. The lowest BCUT2D eigenvalue weighted by Gasteiger charge is -2.29. The summed E-state index contributed by atoms with van der Waals surface area (Å²) in [7, 11) is 1.67. The van der Waals surface area contributed by atoms with Gasteiger partial charge in [0.25, 0.3) is 0 Å². The predicted molar refractivity (Wildman–Crippen MR) is 132 cm³/mol. The molecule has 2 aromatic carbocycles. The van der Waals surface area contributed by atoms with E-state index >= 15 is 0 Å². The standard InChI is InChI=1S/C25H32N6O2/c1-4-30(5-2)15-19-16-31(11-6-12-33-19)17-7-9-22-23(13-17)27-25(26-22)24-20-14-18(32-3)8-10-21(20)28-29-24/h7-10,13-14,19H,4-6,11-12,15-16H2,1-3H3,(H,26,27)(H,28,29). The van der Waals surface area contributed by atoms with Crippen LogP contribution in [0.4, 0.5) is 5.69 Å². The van der Waals surface area contributed by atoms with Crippen LogP contribution in [0.15, 0.2) is 36.4 Å². The molecule has 0 aliphatic carbocycles. The zero-order chi connectivity index (χ0) is 22.8. The highest BCUT2D eigenvalue weighted by molar-refractivity contribution is 5.94. The number of nitrogens with one attached hydrogen (secondary N) is 2. The molecule has 0 spiro atoms. The number of H-pyrrole nitrogens is 2. The largest absolute Gasteiger partial charge is 0.497 e. The van der Waals surface area contributed by atoms with E-state index in [1.807, 2.05) is 18.2 Å². The van der Waals surface area contributed by atoms with E-state index in [1.165, 1.54) is 5.69 Å². The maximum atomic E-state index is 6.16. The van der Waals surface area contributed by atoms with E-state index in [4.69, 9.17) is 14.5 Å². The smallest absolute Gasteiger partial charge is 0.159 e. The second-order valence-corrected chi connectivity index (χ2v) is 8.55. The molecule has 1 unspecified atom stereocenters. The summed E-state index contributed by atoms with van der Waals surface area (Å²) in [5, 5.41) is 8.58. The number of nitrogens with zero attached hydrogens (tertiary/aromatic N) is 4. The molecule has 1 atom stereocenters. The second kappa shape index (κ2) is 9.41. The fourth-order valence-electron chi connectivity index (χ4n) is 4.62. The molecule has 2 N–H and O–H groups in total. The summed E-state index contributed by atoms with van der Waals surface area (Å²) in [5.41, 5.74) is 4.88. The molecule has 2 aromatic heterocycles. The van der Waals surface area contributed by atoms with Crippen molar-refractivity contribution < 1.29 is 9.47 Å². The summed E-state index contributed by atoms with van der Waals surface area (Å²) >= 11 is 0. The van der Waals surface area contributed by atoms with Gasteiger partial charge in [0.15, 0.2) is 5.82 Å². The Bertz CT molecular complexity index is 1230. The number of hydrogen-bond acceptors (Lipinski definition) is 6. The molecule has 8 nitrogen and oxygen atoms in total. The molecular formula is C25H32N6O2. The van der Waals surface area contributed by atoms with Crippen molar-refractivity contribution in [2.75, 3.05) is 51.3 Å². The van der Waals surface area contributed by atoms with Gasteiger partial charge in [-0.3, -0.25) is 5.10 Å². The van der Waals surface area contributed by atoms with Crippen molar-refractivity contribution in [1.82, 2.24) is 25.1 Å². The van der Waals surface area contributed by atoms with E-state index in [0.29, 0.717) is 0 Å². The zero-order valence-electron chi connectivity index (χ0n) is 19.6. The first-order chi connectivity index (χ1) is 16.2. The maximum absolute atomic E-state index is 6.16. The first kappa shape index (κ1) is 21.7. The third-order valence-corrected chi connectivity index (χ3v) is 6.53. The number of benzene rings is 2. The summed E-state index contributed by atoms with van der Waals surface area (Å²) < 4.78 is 11.6. The van der Waals surface area contributed by atoms with E-state index in [0.717, 1.165) is 85.0 Å². The first-order valence-corrected chi connectivity index (χ1v) is 11.8. The van der Waals surface area contributed by atoms with Gasteiger partial charge in [0, 0.05) is 37.3 Å². The second-order valence-electron chi connectivity index (χ2n) is 8.55. The number of imidazole rings is 1. The molecule has 0 bridgehead atoms. The van der Waals surface area contributed by atoms with Crippen LogP contribution in [0.2, 0.25) is 0 Å². The Kier molecular flexibility index (Phi) is 6.20. The van der Waals surface area contributed by atoms with Gasteiger partial charge in [-0.15, -0.1) is 0 Å². The molecule has 1 aliphatic rings. The molecule has 0 saturated carbocycles. The number of methoxy groups -OCH3 is 1. The van der Waals surface area contributed by atoms with E-state index in [-0.39, 0.29) is 6.10 Å². The Hall–Kier alpha value is -3.10. The average Bonchev–Trinajstić information content (AvgIpc) is 3.38. The molecule has 0 amide bonds. The van der Waals surface area contributed by atoms with E-state index < -0.39 is 0 Å². The normalized spacial score (nSPS) is 17.2. The van der Waals surface area contributed by atoms with Gasteiger partial charge in [-0.05, 0) is 55.9 Å². The Balaban J connectivity index is 1.42. The fourth-order valence-corrected chi connectivity index (χ4v) is 4.62. The van der Waals surface area contributed by atoms with E-state index in [1.54, 1.807) is 7.11 Å². The Morgan fingerprint density at radius 3 is 2.85 bits per heavy atom. The number of hydrogen-bond donors (Lipinski definition) is 2. The monoisotopic (exact) mass is 448 g/mol. The lowest BCUT2D eigenvalue weighted by Crippen LogP contribution is -2.40. The van der Waals surface area contributed by atoms with Crippen molar-refractivity contribution in [2.45, 2.75) is 26.4 Å². The minimum atomic E-state index is 0.214. The number of anilines is 1. The molecule has 1 fully saturated rings. The van der Waals surface area contributed by atoms with Crippen molar-refractivity contribution in [3.05, 3.63) is 36.4 Å². The van der Waals surface area contributed by atoms with Gasteiger partial charge in [-0.2, -0.15) is 5.10 Å². The summed E-state index contributed by atoms with van der Waals surface area (Å²) in [4.78, 5) is 13.2. The van der Waals surface area contributed by atoms with Crippen LogP contribution in [0.5, 0.6) is 5.75 Å². The number of fused-ring (bicyclic) bond motifs is 2. The summed E-state index contributed by atoms with van der Waals surface area (Å²) in [6, 6.07) is 12.3. The van der Waals surface area contributed by atoms with Crippen molar-refractivity contribution in [3.63, 3.8) is 0 Å². The van der Waals surface area contributed by atoms with Gasteiger partial charge in [-0.25, -0.2) is 4.98 Å². The van der Waals surface area contributed by atoms with Gasteiger partial charge in [-0.1, -0.05) is 13.8 Å². The summed E-state index contributed by atoms with van der Waals surface area (Å²) in [5.74, 6) is 1.55. The first-order valence-electron chi connectivity index (χ1n) is 11.8. The van der Waals surface area contributed by atoms with Crippen LogP contribution in [0.1, 0.15) is 20.3 Å². The molecule has 33 heavy (non-hydrogen) atoms. The minimum Gasteiger partial charge on any atom is -0.497 e. The fraction of sp³-hybridized carbons (Fsp3) is 0.440. The summed E-state index contributed by atoms with van der Waals surface area (Å²) in [6.07, 6.45) is 1.24. The molecule has 5 rings (SSSR count). The number of aromatic amines is 2. The third kappa shape index (κ3) is 4.41. The number of aromatic nitrogens is 4. The van der Waals surface area contributed by atoms with E-state index in [9.17, 15) is 0 Å². The SMILES string of the molecule is CCN(CC)CC1CN(c2ccc3nc(-c4n[nH]c5ccc(OC)cc45)[nH]c3c2)CCCO1. The highest BCUT2D eigenvalue weighted by Crippen LogP contribution is 2.30. The number of likely N-dealkylation sites (N-methyl/N-ethyl adjacent to an activating group) is 1. The van der Waals surface area contributed by atoms with Crippen LogP contribution >= 0.6 is 0 Å². The maximum Gasteiger partial charge on any atom is 0.159 e. The lowest BCUT2D eigenvalue weighted by atomic mass is 10.2. The molecule has 1 aliphatic heterocycles. The van der Waals surface area contributed by atoms with Gasteiger partial charge in [0.05, 0.1) is 29.8 Å². The molecule has 3 heterocycles. The molecule has 8 heteroatoms. The van der Waals surface area contributed by atoms with Crippen LogP contribution in [0.3, 0.4) is 0 Å². The highest BCUT2D eigenvalue weighted by atomic mass is 16.5. The van der Waals surface area contributed by atoms with Crippen LogP contribution in [0, 0.1) is 0 Å². The molecule has 1 saturated heterocycles. The minimum absolute atomic E-state index is 0.214.